The van der Waals surface area contributed by atoms with Gasteiger partial charge in [0.15, 0.2) is 17.5 Å². The first-order valence-corrected chi connectivity index (χ1v) is 12.5. The van der Waals surface area contributed by atoms with Gasteiger partial charge in [0.2, 0.25) is 5.82 Å². The van der Waals surface area contributed by atoms with E-state index in [-0.39, 0.29) is 6.10 Å². The summed E-state index contributed by atoms with van der Waals surface area (Å²) in [5, 5.41) is 0.535. The first-order chi connectivity index (χ1) is 16.7. The van der Waals surface area contributed by atoms with Crippen LogP contribution in [0.25, 0.3) is 20.8 Å². The molecule has 2 unspecified atom stereocenters. The molecule has 0 bridgehead atoms. The molecule has 1 saturated heterocycles. The van der Waals surface area contributed by atoms with Crippen LogP contribution < -0.4 is 4.74 Å². The maximum Gasteiger partial charge on any atom is 0.462 e. The van der Waals surface area contributed by atoms with Gasteiger partial charge in [-0.3, -0.25) is 0 Å². The fourth-order valence-corrected chi connectivity index (χ4v) is 5.18. The van der Waals surface area contributed by atoms with Gasteiger partial charge in [0.05, 0.1) is 22.9 Å². The second kappa shape index (κ2) is 9.54. The zero-order valence-corrected chi connectivity index (χ0v) is 20.6. The van der Waals surface area contributed by atoms with Crippen molar-refractivity contribution in [2.45, 2.75) is 29.0 Å². The second-order valence-electron chi connectivity index (χ2n) is 7.86. The molecule has 1 aliphatic heterocycles. The van der Waals surface area contributed by atoms with Gasteiger partial charge < -0.3 is 9.47 Å². The van der Waals surface area contributed by atoms with Crippen molar-refractivity contribution in [3.8, 4) is 16.3 Å². The number of aromatic nitrogens is 3. The molecule has 1 aliphatic rings. The van der Waals surface area contributed by atoms with E-state index in [2.05, 4.69) is 42.3 Å². The summed E-state index contributed by atoms with van der Waals surface area (Å²) in [4.78, 5) is 11.8. The molecular formula is C23H15F5IN3O2S. The molecular weight excluding hydrogens is 604 g/mol. The molecule has 182 valence electrons. The number of rotatable bonds is 5. The minimum Gasteiger partial charge on any atom is -0.426 e. The lowest BCUT2D eigenvalue weighted by Gasteiger charge is -2.26. The first-order valence-electron chi connectivity index (χ1n) is 10.4. The molecule has 2 aromatic heterocycles. The number of alkyl halides is 3. The Bertz CT molecular complexity index is 1350. The molecule has 0 amide bonds. The molecule has 0 spiro atoms. The highest BCUT2D eigenvalue weighted by Gasteiger charge is 2.39. The first kappa shape index (κ1) is 24.3. The van der Waals surface area contributed by atoms with Crippen LogP contribution in [0.2, 0.25) is 0 Å². The summed E-state index contributed by atoms with van der Waals surface area (Å²) in [5.41, 5.74) is 2.22. The number of benzene rings is 2. The lowest BCUT2D eigenvalue weighted by Crippen LogP contribution is -2.25. The third-order valence-electron chi connectivity index (χ3n) is 5.37. The van der Waals surface area contributed by atoms with Crippen molar-refractivity contribution >= 4 is 44.1 Å². The Labute approximate surface area is 213 Å². The lowest BCUT2D eigenvalue weighted by atomic mass is 10.0. The lowest BCUT2D eigenvalue weighted by molar-refractivity contribution is -0.192. The molecule has 0 N–H and O–H groups in total. The van der Waals surface area contributed by atoms with E-state index in [0.717, 1.165) is 41.0 Å². The van der Waals surface area contributed by atoms with Crippen LogP contribution in [0.4, 0.5) is 22.0 Å². The van der Waals surface area contributed by atoms with Crippen molar-refractivity contribution < 1.29 is 31.4 Å². The Morgan fingerprint density at radius 2 is 1.74 bits per heavy atom. The predicted molar refractivity (Wildman–Crippen MR) is 127 cm³/mol. The number of fused-ring (bicyclic) bond motifs is 1. The Morgan fingerprint density at radius 3 is 2.40 bits per heavy atom. The molecule has 0 radical (unpaired) electrons. The third kappa shape index (κ3) is 5.09. The van der Waals surface area contributed by atoms with Gasteiger partial charge in [0, 0.05) is 34.0 Å². The number of hydrogen-bond donors (Lipinski definition) is 0. The van der Waals surface area contributed by atoms with E-state index in [4.69, 9.17) is 4.74 Å². The molecule has 0 aliphatic carbocycles. The molecule has 2 atom stereocenters. The van der Waals surface area contributed by atoms with Crippen molar-refractivity contribution in [3.63, 3.8) is 0 Å². The van der Waals surface area contributed by atoms with Crippen molar-refractivity contribution in [1.29, 1.82) is 0 Å². The van der Waals surface area contributed by atoms with E-state index in [1.165, 1.54) is 11.3 Å². The van der Waals surface area contributed by atoms with Gasteiger partial charge in [0.1, 0.15) is 10.8 Å². The van der Waals surface area contributed by atoms with E-state index in [9.17, 15) is 22.0 Å². The van der Waals surface area contributed by atoms with Crippen LogP contribution in [0.5, 0.6) is 5.75 Å². The molecule has 2 aromatic carbocycles. The topological polar surface area (TPSA) is 57.1 Å². The van der Waals surface area contributed by atoms with E-state index in [0.29, 0.717) is 33.2 Å². The summed E-state index contributed by atoms with van der Waals surface area (Å²) in [5.74, 6) is -7.04. The van der Waals surface area contributed by atoms with Gasteiger partial charge in [-0.25, -0.2) is 28.1 Å². The highest BCUT2D eigenvalue weighted by molar-refractivity contribution is 14.1. The number of nitrogens with zero attached hydrogens (tertiary/aromatic N) is 3. The number of hydrogen-bond acceptors (Lipinski definition) is 6. The minimum absolute atomic E-state index is 0.0314. The van der Waals surface area contributed by atoms with E-state index >= 15 is 0 Å². The van der Waals surface area contributed by atoms with E-state index in [1.807, 2.05) is 18.2 Å². The summed E-state index contributed by atoms with van der Waals surface area (Å²) in [6.45, 7) is 0.709. The van der Waals surface area contributed by atoms with Crippen LogP contribution >= 0.6 is 33.9 Å². The minimum atomic E-state index is -4.12. The fourth-order valence-electron chi connectivity index (χ4n) is 3.62. The van der Waals surface area contributed by atoms with Crippen LogP contribution in [0, 0.1) is 17.5 Å². The smallest absolute Gasteiger partial charge is 0.426 e. The standard InChI is InChI=1S/C23H15F5IN3O2S/c24-15-6-14(7-16(25)20(15)26)34-23(27,28)22-30-8-12(9-31-22)21-32-17-3-1-11(5-19(17)35-21)18-4-2-13(29)10-33-18/h1,3,5-9,13,18H,2,4,10H2. The summed E-state index contributed by atoms with van der Waals surface area (Å²) in [7, 11) is 0. The van der Waals surface area contributed by atoms with Gasteiger partial charge in [0.25, 0.3) is 0 Å². The van der Waals surface area contributed by atoms with Crippen molar-refractivity contribution in [2.24, 2.45) is 0 Å². The molecule has 5 nitrogen and oxygen atoms in total. The van der Waals surface area contributed by atoms with Gasteiger partial charge in [-0.1, -0.05) is 28.7 Å². The summed E-state index contributed by atoms with van der Waals surface area (Å²) < 4.78 is 80.3. The predicted octanol–water partition coefficient (Wildman–Crippen LogP) is 6.95. The number of halogens is 6. The quantitative estimate of drug-likeness (QED) is 0.105. The Hall–Kier alpha value is -2.45. The highest BCUT2D eigenvalue weighted by Crippen LogP contribution is 2.36. The molecule has 0 saturated carbocycles. The average molecular weight is 619 g/mol. The van der Waals surface area contributed by atoms with Crippen LogP contribution in [0.3, 0.4) is 0 Å². The van der Waals surface area contributed by atoms with Gasteiger partial charge in [-0.2, -0.15) is 8.78 Å². The molecule has 1 fully saturated rings. The Balaban J connectivity index is 1.35. The monoisotopic (exact) mass is 619 g/mol. The van der Waals surface area contributed by atoms with Crippen LogP contribution in [-0.2, 0) is 10.8 Å². The zero-order valence-electron chi connectivity index (χ0n) is 17.7. The molecule has 4 aromatic rings. The summed E-state index contributed by atoms with van der Waals surface area (Å²) >= 11 is 3.75. The normalized spacial score (nSPS) is 18.7. The molecule has 5 rings (SSSR count). The van der Waals surface area contributed by atoms with Crippen LogP contribution in [0.15, 0.2) is 42.7 Å². The molecule has 12 heteroatoms. The van der Waals surface area contributed by atoms with Crippen molar-refractivity contribution in [3.05, 3.63) is 71.6 Å². The maximum atomic E-state index is 14.4. The average Bonchev–Trinajstić information content (AvgIpc) is 3.26. The van der Waals surface area contributed by atoms with E-state index < -0.39 is 35.1 Å². The number of thiazole rings is 1. The third-order valence-corrected chi connectivity index (χ3v) is 7.42. The van der Waals surface area contributed by atoms with Gasteiger partial charge in [-0.15, -0.1) is 11.3 Å². The maximum absolute atomic E-state index is 14.4. The van der Waals surface area contributed by atoms with Crippen LogP contribution in [0.1, 0.15) is 30.3 Å². The Morgan fingerprint density at radius 1 is 1.03 bits per heavy atom. The Kier molecular flexibility index (Phi) is 6.61. The second-order valence-corrected chi connectivity index (χ2v) is 10.7. The highest BCUT2D eigenvalue weighted by atomic mass is 127. The summed E-state index contributed by atoms with van der Waals surface area (Å²) in [6, 6.07) is 6.51. The molecule has 35 heavy (non-hydrogen) atoms. The fraction of sp³-hybridized carbons (Fsp3) is 0.261. The number of ether oxygens (including phenoxy) is 2. The van der Waals surface area contributed by atoms with Gasteiger partial charge in [-0.05, 0) is 30.5 Å². The zero-order chi connectivity index (χ0) is 24.7. The largest absolute Gasteiger partial charge is 0.462 e. The SMILES string of the molecule is Fc1cc(OC(F)(F)c2ncc(-c3nc4ccc(C5CCC(I)CO5)cc4s3)cn2)cc(F)c1F. The van der Waals surface area contributed by atoms with Crippen molar-refractivity contribution in [2.75, 3.05) is 6.61 Å². The van der Waals surface area contributed by atoms with E-state index in [1.54, 1.807) is 0 Å². The van der Waals surface area contributed by atoms with Crippen molar-refractivity contribution in [1.82, 2.24) is 15.0 Å². The van der Waals surface area contributed by atoms with Crippen LogP contribution in [-0.4, -0.2) is 25.5 Å². The van der Waals surface area contributed by atoms with Gasteiger partial charge >= 0.3 is 6.11 Å². The molecule has 3 heterocycles. The summed E-state index contributed by atoms with van der Waals surface area (Å²) in [6.07, 6.45) is 0.260.